The van der Waals surface area contributed by atoms with Gasteiger partial charge in [0.1, 0.15) is 6.04 Å². The molecule has 27 heavy (non-hydrogen) atoms. The SMILES string of the molecule is CC(C)C(C#N)N1CCN(C(=O)C2CC(=O)N(c3cccc(Cl)c3)C2)CC1. The molecule has 0 aromatic heterocycles. The number of hydrogen-bond donors (Lipinski definition) is 0. The molecule has 1 aromatic carbocycles. The van der Waals surface area contributed by atoms with E-state index in [2.05, 4.69) is 11.0 Å². The first-order valence-electron chi connectivity index (χ1n) is 9.39. The van der Waals surface area contributed by atoms with Gasteiger partial charge >= 0.3 is 0 Å². The summed E-state index contributed by atoms with van der Waals surface area (Å²) in [7, 11) is 0. The van der Waals surface area contributed by atoms with Crippen LogP contribution in [0.5, 0.6) is 0 Å². The molecular weight excluding hydrogens is 364 g/mol. The third-order valence-electron chi connectivity index (χ3n) is 5.38. The molecule has 0 aliphatic carbocycles. The lowest BCUT2D eigenvalue weighted by Gasteiger charge is -2.38. The van der Waals surface area contributed by atoms with E-state index >= 15 is 0 Å². The summed E-state index contributed by atoms with van der Waals surface area (Å²) >= 11 is 6.02. The molecule has 2 atom stereocenters. The van der Waals surface area contributed by atoms with Gasteiger partial charge in [0.05, 0.1) is 12.0 Å². The van der Waals surface area contributed by atoms with Crippen molar-refractivity contribution in [1.82, 2.24) is 9.80 Å². The molecule has 2 fully saturated rings. The van der Waals surface area contributed by atoms with Crippen molar-refractivity contribution in [2.45, 2.75) is 26.3 Å². The van der Waals surface area contributed by atoms with Gasteiger partial charge in [0, 0.05) is 49.9 Å². The molecule has 1 aromatic rings. The molecule has 2 heterocycles. The average molecular weight is 389 g/mol. The molecule has 7 heteroatoms. The summed E-state index contributed by atoms with van der Waals surface area (Å²) in [5.74, 6) is -0.0694. The Balaban J connectivity index is 1.60. The van der Waals surface area contributed by atoms with Crippen LogP contribution in [0, 0.1) is 23.2 Å². The molecule has 2 amide bonds. The predicted molar refractivity (Wildman–Crippen MR) is 104 cm³/mol. The van der Waals surface area contributed by atoms with E-state index in [1.807, 2.05) is 24.8 Å². The molecule has 0 radical (unpaired) electrons. The quantitative estimate of drug-likeness (QED) is 0.794. The van der Waals surface area contributed by atoms with Crippen molar-refractivity contribution in [3.05, 3.63) is 29.3 Å². The van der Waals surface area contributed by atoms with Crippen LogP contribution in [-0.2, 0) is 9.59 Å². The largest absolute Gasteiger partial charge is 0.340 e. The van der Waals surface area contributed by atoms with E-state index in [0.717, 1.165) is 5.69 Å². The highest BCUT2D eigenvalue weighted by molar-refractivity contribution is 6.31. The minimum absolute atomic E-state index is 0.0329. The number of rotatable bonds is 4. The summed E-state index contributed by atoms with van der Waals surface area (Å²) in [4.78, 5) is 30.9. The van der Waals surface area contributed by atoms with E-state index in [-0.39, 0.29) is 36.1 Å². The Morgan fingerprint density at radius 2 is 1.96 bits per heavy atom. The highest BCUT2D eigenvalue weighted by Gasteiger charge is 2.38. The Hall–Kier alpha value is -2.10. The molecule has 2 aliphatic rings. The maximum atomic E-state index is 12.9. The van der Waals surface area contributed by atoms with Crippen LogP contribution in [0.25, 0.3) is 0 Å². The van der Waals surface area contributed by atoms with E-state index < -0.39 is 0 Å². The zero-order valence-corrected chi connectivity index (χ0v) is 16.5. The van der Waals surface area contributed by atoms with E-state index in [4.69, 9.17) is 11.6 Å². The average Bonchev–Trinajstić information content (AvgIpc) is 3.04. The molecule has 6 nitrogen and oxygen atoms in total. The third kappa shape index (κ3) is 4.26. The second-order valence-corrected chi connectivity index (χ2v) is 8.00. The number of halogens is 1. The fourth-order valence-corrected chi connectivity index (χ4v) is 4.08. The third-order valence-corrected chi connectivity index (χ3v) is 5.61. The number of nitriles is 1. The summed E-state index contributed by atoms with van der Waals surface area (Å²) in [5, 5.41) is 9.93. The first kappa shape index (κ1) is 19.7. The van der Waals surface area contributed by atoms with Crippen LogP contribution in [0.4, 0.5) is 5.69 Å². The van der Waals surface area contributed by atoms with Gasteiger partial charge in [0.2, 0.25) is 11.8 Å². The van der Waals surface area contributed by atoms with Crippen LogP contribution in [0.3, 0.4) is 0 Å². The van der Waals surface area contributed by atoms with Gasteiger partial charge in [-0.05, 0) is 24.1 Å². The molecule has 2 unspecified atom stereocenters. The van der Waals surface area contributed by atoms with Gasteiger partial charge in [0.25, 0.3) is 0 Å². The number of nitrogens with zero attached hydrogens (tertiary/aromatic N) is 4. The van der Waals surface area contributed by atoms with Gasteiger partial charge < -0.3 is 9.80 Å². The summed E-state index contributed by atoms with van der Waals surface area (Å²) < 4.78 is 0. The molecule has 2 saturated heterocycles. The first-order valence-corrected chi connectivity index (χ1v) is 9.77. The first-order chi connectivity index (χ1) is 12.9. The van der Waals surface area contributed by atoms with Crippen LogP contribution in [-0.4, -0.2) is 60.4 Å². The van der Waals surface area contributed by atoms with Crippen molar-refractivity contribution in [3.8, 4) is 6.07 Å². The Labute approximate surface area is 165 Å². The monoisotopic (exact) mass is 388 g/mol. The summed E-state index contributed by atoms with van der Waals surface area (Å²) in [5.41, 5.74) is 0.737. The lowest BCUT2D eigenvalue weighted by Crippen LogP contribution is -2.54. The molecular formula is C20H25ClN4O2. The Bertz CT molecular complexity index is 753. The smallest absolute Gasteiger partial charge is 0.228 e. The van der Waals surface area contributed by atoms with Gasteiger partial charge in [-0.3, -0.25) is 14.5 Å². The van der Waals surface area contributed by atoms with Crippen LogP contribution in [0.1, 0.15) is 20.3 Å². The van der Waals surface area contributed by atoms with Gasteiger partial charge in [-0.15, -0.1) is 0 Å². The fourth-order valence-electron chi connectivity index (χ4n) is 3.90. The normalized spacial score (nSPS) is 22.2. The van der Waals surface area contributed by atoms with Crippen LogP contribution < -0.4 is 4.90 Å². The highest BCUT2D eigenvalue weighted by Crippen LogP contribution is 2.28. The standard InChI is InChI=1S/C20H25ClN4O2/c1-14(2)18(12-22)23-6-8-24(9-7-23)20(27)15-10-19(26)25(13-15)17-5-3-4-16(21)11-17/h3-5,11,14-15,18H,6-10,13H2,1-2H3. The van der Waals surface area contributed by atoms with Crippen LogP contribution in [0.2, 0.25) is 5.02 Å². The highest BCUT2D eigenvalue weighted by atomic mass is 35.5. The zero-order chi connectivity index (χ0) is 19.6. The number of benzene rings is 1. The van der Waals surface area contributed by atoms with Crippen molar-refractivity contribution >= 4 is 29.1 Å². The Kier molecular flexibility index (Phi) is 6.03. The predicted octanol–water partition coefficient (Wildman–Crippen LogP) is 2.39. The zero-order valence-electron chi connectivity index (χ0n) is 15.8. The number of anilines is 1. The van der Waals surface area contributed by atoms with Gasteiger partial charge in [0.15, 0.2) is 0 Å². The second-order valence-electron chi connectivity index (χ2n) is 7.56. The summed E-state index contributed by atoms with van der Waals surface area (Å²) in [6.45, 7) is 7.07. The minimum atomic E-state index is -0.320. The Morgan fingerprint density at radius 3 is 2.56 bits per heavy atom. The number of piperazine rings is 1. The maximum Gasteiger partial charge on any atom is 0.228 e. The fraction of sp³-hybridized carbons (Fsp3) is 0.550. The number of hydrogen-bond acceptors (Lipinski definition) is 4. The maximum absolute atomic E-state index is 12.9. The molecule has 2 aliphatic heterocycles. The van der Waals surface area contributed by atoms with Crippen molar-refractivity contribution in [3.63, 3.8) is 0 Å². The van der Waals surface area contributed by atoms with Crippen LogP contribution in [0.15, 0.2) is 24.3 Å². The summed E-state index contributed by atoms with van der Waals surface area (Å²) in [6, 6.07) is 9.40. The topological polar surface area (TPSA) is 67.6 Å². The van der Waals surface area contributed by atoms with E-state index in [1.165, 1.54) is 0 Å². The van der Waals surface area contributed by atoms with Crippen molar-refractivity contribution in [1.29, 1.82) is 5.26 Å². The van der Waals surface area contributed by atoms with Crippen molar-refractivity contribution in [2.24, 2.45) is 11.8 Å². The minimum Gasteiger partial charge on any atom is -0.340 e. The van der Waals surface area contributed by atoms with E-state index in [0.29, 0.717) is 37.7 Å². The number of amides is 2. The van der Waals surface area contributed by atoms with E-state index in [9.17, 15) is 14.9 Å². The van der Waals surface area contributed by atoms with Gasteiger partial charge in [-0.1, -0.05) is 31.5 Å². The van der Waals surface area contributed by atoms with Gasteiger partial charge in [-0.25, -0.2) is 0 Å². The lowest BCUT2D eigenvalue weighted by atomic mass is 10.0. The second kappa shape index (κ2) is 8.28. The van der Waals surface area contributed by atoms with Crippen LogP contribution >= 0.6 is 11.6 Å². The molecule has 144 valence electrons. The lowest BCUT2D eigenvalue weighted by molar-refractivity contribution is -0.137. The van der Waals surface area contributed by atoms with Crippen molar-refractivity contribution in [2.75, 3.05) is 37.6 Å². The molecule has 0 N–H and O–H groups in total. The van der Waals surface area contributed by atoms with E-state index in [1.54, 1.807) is 23.1 Å². The number of carbonyl (C=O) groups excluding carboxylic acids is 2. The molecule has 3 rings (SSSR count). The molecule has 0 spiro atoms. The Morgan fingerprint density at radius 1 is 1.26 bits per heavy atom. The van der Waals surface area contributed by atoms with Crippen molar-refractivity contribution < 1.29 is 9.59 Å². The summed E-state index contributed by atoms with van der Waals surface area (Å²) in [6.07, 6.45) is 0.234. The molecule has 0 bridgehead atoms. The molecule has 0 saturated carbocycles. The van der Waals surface area contributed by atoms with Gasteiger partial charge in [-0.2, -0.15) is 5.26 Å². The number of carbonyl (C=O) groups is 2.